The Morgan fingerprint density at radius 2 is 1.83 bits per heavy atom. The molecule has 0 aliphatic carbocycles. The van der Waals surface area contributed by atoms with Gasteiger partial charge in [0.1, 0.15) is 0 Å². The van der Waals surface area contributed by atoms with Crippen LogP contribution in [0.2, 0.25) is 0 Å². The fraction of sp³-hybridized carbons (Fsp3) is 0.562. The van der Waals surface area contributed by atoms with Crippen LogP contribution in [0.5, 0.6) is 0 Å². The second kappa shape index (κ2) is 6.39. The predicted octanol–water partition coefficient (Wildman–Crippen LogP) is 1.47. The van der Waals surface area contributed by atoms with Crippen molar-refractivity contribution in [1.82, 2.24) is 10.2 Å². The summed E-state index contributed by atoms with van der Waals surface area (Å²) in [6.45, 7) is 3.11. The van der Waals surface area contributed by atoms with E-state index in [-0.39, 0.29) is 12.1 Å². The van der Waals surface area contributed by atoms with Crippen LogP contribution in [0.25, 0.3) is 0 Å². The maximum atomic E-state index is 12.0. The van der Waals surface area contributed by atoms with Crippen molar-refractivity contribution < 1.29 is 13.2 Å². The van der Waals surface area contributed by atoms with E-state index in [0.29, 0.717) is 4.90 Å². The topological polar surface area (TPSA) is 69.7 Å². The zero-order valence-corrected chi connectivity index (χ0v) is 14.2. The molecule has 2 aliphatic heterocycles. The molecular weight excluding hydrogens is 314 g/mol. The molecule has 3 rings (SSSR count). The maximum absolute atomic E-state index is 12.0. The third kappa shape index (κ3) is 3.44. The first-order valence-corrected chi connectivity index (χ1v) is 9.94. The van der Waals surface area contributed by atoms with Gasteiger partial charge in [-0.05, 0) is 31.4 Å². The number of carbonyl (C=O) groups is 1. The van der Waals surface area contributed by atoms with Crippen LogP contribution in [0.15, 0.2) is 29.2 Å². The molecule has 6 nitrogen and oxygen atoms in total. The first-order chi connectivity index (χ1) is 11.0. The summed E-state index contributed by atoms with van der Waals surface area (Å²) >= 11 is 0. The standard InChI is InChI=1S/C16H23N3O3S/c1-23(21,22)15-6-3-2-5-14(15)18-11-7-13(8-12-18)19-10-4-9-17-16(19)20/h2-3,5-6,13H,4,7-12H2,1H3,(H,17,20). The molecule has 0 unspecified atom stereocenters. The third-order valence-corrected chi connectivity index (χ3v) is 5.77. The lowest BCUT2D eigenvalue weighted by molar-refractivity contribution is 0.149. The van der Waals surface area contributed by atoms with Crippen molar-refractivity contribution in [3.8, 4) is 0 Å². The van der Waals surface area contributed by atoms with E-state index in [1.807, 2.05) is 17.0 Å². The molecule has 1 aromatic rings. The molecule has 0 bridgehead atoms. The molecule has 7 heteroatoms. The molecule has 2 aliphatic rings. The summed E-state index contributed by atoms with van der Waals surface area (Å²) in [6, 6.07) is 7.43. The minimum absolute atomic E-state index is 0.0336. The Kier molecular flexibility index (Phi) is 4.48. The number of urea groups is 1. The average Bonchev–Trinajstić information content (AvgIpc) is 2.55. The van der Waals surface area contributed by atoms with Crippen LogP contribution in [0, 0.1) is 0 Å². The van der Waals surface area contributed by atoms with Gasteiger partial charge in [0.2, 0.25) is 0 Å². The smallest absolute Gasteiger partial charge is 0.317 e. The fourth-order valence-corrected chi connectivity index (χ4v) is 4.35. The van der Waals surface area contributed by atoms with E-state index in [0.717, 1.165) is 51.1 Å². The molecule has 2 saturated heterocycles. The lowest BCUT2D eigenvalue weighted by Gasteiger charge is -2.41. The van der Waals surface area contributed by atoms with Gasteiger partial charge in [0.15, 0.2) is 9.84 Å². The van der Waals surface area contributed by atoms with E-state index in [1.54, 1.807) is 12.1 Å². The van der Waals surface area contributed by atoms with Crippen LogP contribution in [0.3, 0.4) is 0 Å². The van der Waals surface area contributed by atoms with E-state index in [1.165, 1.54) is 6.26 Å². The highest BCUT2D eigenvalue weighted by molar-refractivity contribution is 7.90. The maximum Gasteiger partial charge on any atom is 0.317 e. The Balaban J connectivity index is 1.71. The Morgan fingerprint density at radius 3 is 2.48 bits per heavy atom. The number of anilines is 1. The third-order valence-electron chi connectivity index (χ3n) is 4.62. The van der Waals surface area contributed by atoms with Crippen LogP contribution < -0.4 is 10.2 Å². The lowest BCUT2D eigenvalue weighted by Crippen LogP contribution is -2.54. The van der Waals surface area contributed by atoms with Gasteiger partial charge >= 0.3 is 6.03 Å². The molecule has 23 heavy (non-hydrogen) atoms. The summed E-state index contributed by atoms with van der Waals surface area (Å²) in [7, 11) is -3.24. The largest absolute Gasteiger partial charge is 0.370 e. The molecular formula is C16H23N3O3S. The van der Waals surface area contributed by atoms with E-state index in [2.05, 4.69) is 10.2 Å². The first-order valence-electron chi connectivity index (χ1n) is 8.05. The molecule has 0 radical (unpaired) electrons. The number of sulfone groups is 1. The number of hydrogen-bond acceptors (Lipinski definition) is 4. The molecule has 0 aromatic heterocycles. The molecule has 0 saturated carbocycles. The SMILES string of the molecule is CS(=O)(=O)c1ccccc1N1CCC(N2CCCNC2=O)CC1. The molecule has 2 amide bonds. The average molecular weight is 337 g/mol. The number of hydrogen-bond donors (Lipinski definition) is 1. The van der Waals surface area contributed by atoms with Crippen LogP contribution >= 0.6 is 0 Å². The van der Waals surface area contributed by atoms with E-state index >= 15 is 0 Å². The minimum Gasteiger partial charge on any atom is -0.370 e. The second-order valence-corrected chi connectivity index (χ2v) is 8.22. The van der Waals surface area contributed by atoms with Gasteiger partial charge in [-0.3, -0.25) is 0 Å². The number of piperidine rings is 1. The van der Waals surface area contributed by atoms with Gasteiger partial charge in [-0.1, -0.05) is 12.1 Å². The second-order valence-electron chi connectivity index (χ2n) is 6.24. The van der Waals surface area contributed by atoms with Crippen molar-refractivity contribution >= 4 is 21.6 Å². The summed E-state index contributed by atoms with van der Waals surface area (Å²) < 4.78 is 23.9. The summed E-state index contributed by atoms with van der Waals surface area (Å²) in [5.41, 5.74) is 0.775. The van der Waals surface area contributed by atoms with Crippen molar-refractivity contribution in [1.29, 1.82) is 0 Å². The molecule has 1 N–H and O–H groups in total. The Hall–Kier alpha value is -1.76. The number of nitrogens with one attached hydrogen (secondary N) is 1. The van der Waals surface area contributed by atoms with Gasteiger partial charge in [-0.2, -0.15) is 0 Å². The quantitative estimate of drug-likeness (QED) is 0.907. The summed E-state index contributed by atoms with van der Waals surface area (Å²) in [4.78, 5) is 16.4. The van der Waals surface area contributed by atoms with Gasteiger partial charge in [0.05, 0.1) is 10.6 Å². The Labute approximate surface area is 137 Å². The van der Waals surface area contributed by atoms with Crippen molar-refractivity contribution in [2.24, 2.45) is 0 Å². The Morgan fingerprint density at radius 1 is 1.13 bits per heavy atom. The number of para-hydroxylation sites is 1. The van der Waals surface area contributed by atoms with E-state index in [4.69, 9.17) is 0 Å². The molecule has 0 atom stereocenters. The van der Waals surface area contributed by atoms with Gasteiger partial charge in [0, 0.05) is 38.5 Å². The van der Waals surface area contributed by atoms with Crippen LogP contribution in [0.1, 0.15) is 19.3 Å². The molecule has 0 spiro atoms. The number of carbonyl (C=O) groups excluding carboxylic acids is 1. The zero-order valence-electron chi connectivity index (χ0n) is 13.4. The first kappa shape index (κ1) is 16.1. The van der Waals surface area contributed by atoms with Gasteiger partial charge < -0.3 is 15.1 Å². The highest BCUT2D eigenvalue weighted by Crippen LogP contribution is 2.29. The highest BCUT2D eigenvalue weighted by Gasteiger charge is 2.30. The minimum atomic E-state index is -3.24. The van der Waals surface area contributed by atoms with Crippen LogP contribution in [-0.4, -0.2) is 57.8 Å². The van der Waals surface area contributed by atoms with Crippen molar-refractivity contribution in [3.63, 3.8) is 0 Å². The highest BCUT2D eigenvalue weighted by atomic mass is 32.2. The summed E-state index contributed by atoms with van der Waals surface area (Å²) in [5, 5.41) is 2.90. The van der Waals surface area contributed by atoms with Crippen molar-refractivity contribution in [2.45, 2.75) is 30.2 Å². The van der Waals surface area contributed by atoms with Crippen molar-refractivity contribution in [3.05, 3.63) is 24.3 Å². The Bertz CT molecular complexity index is 682. The number of nitrogens with zero attached hydrogens (tertiary/aromatic N) is 2. The van der Waals surface area contributed by atoms with Gasteiger partial charge in [-0.15, -0.1) is 0 Å². The number of benzene rings is 1. The fourth-order valence-electron chi connectivity index (χ4n) is 3.45. The summed E-state index contributed by atoms with van der Waals surface area (Å²) in [6.07, 6.45) is 3.97. The molecule has 1 aromatic carbocycles. The lowest BCUT2D eigenvalue weighted by atomic mass is 10.0. The molecule has 2 fully saturated rings. The van der Waals surface area contributed by atoms with Crippen molar-refractivity contribution in [2.75, 3.05) is 37.3 Å². The van der Waals surface area contributed by atoms with Crippen LogP contribution in [0.4, 0.5) is 10.5 Å². The number of rotatable bonds is 3. The monoisotopic (exact) mass is 337 g/mol. The van der Waals surface area contributed by atoms with E-state index in [9.17, 15) is 13.2 Å². The normalized spacial score (nSPS) is 20.5. The predicted molar refractivity (Wildman–Crippen MR) is 89.5 cm³/mol. The molecule has 2 heterocycles. The van der Waals surface area contributed by atoms with Gasteiger partial charge in [-0.25, -0.2) is 13.2 Å². The molecule has 126 valence electrons. The number of amides is 2. The van der Waals surface area contributed by atoms with Gasteiger partial charge in [0.25, 0.3) is 0 Å². The summed E-state index contributed by atoms with van der Waals surface area (Å²) in [5.74, 6) is 0. The van der Waals surface area contributed by atoms with Crippen LogP contribution in [-0.2, 0) is 9.84 Å². The zero-order chi connectivity index (χ0) is 16.4. The van der Waals surface area contributed by atoms with E-state index < -0.39 is 9.84 Å².